The van der Waals surface area contributed by atoms with E-state index in [1.165, 1.54) is 0 Å². The Morgan fingerprint density at radius 2 is 2.19 bits per heavy atom. The van der Waals surface area contributed by atoms with Crippen LogP contribution in [0.5, 0.6) is 0 Å². The third-order valence-corrected chi connectivity index (χ3v) is 3.15. The van der Waals surface area contributed by atoms with Crippen LogP contribution in [0.15, 0.2) is 12.4 Å². The number of carbonyl (C=O) groups is 1. The average Bonchev–Trinajstić information content (AvgIpc) is 2.77. The molecule has 0 bridgehead atoms. The second kappa shape index (κ2) is 4.35. The van der Waals surface area contributed by atoms with Gasteiger partial charge in [0.1, 0.15) is 6.07 Å². The molecule has 1 aromatic rings. The van der Waals surface area contributed by atoms with E-state index in [4.69, 9.17) is 10.4 Å². The van der Waals surface area contributed by atoms with E-state index in [0.29, 0.717) is 18.4 Å². The SMILES string of the molecule is N#Cc1cnn(C2CCC(C(=O)O)CC2)c1. The fourth-order valence-corrected chi connectivity index (χ4v) is 2.18. The minimum atomic E-state index is -0.698. The molecule has 2 rings (SSSR count). The van der Waals surface area contributed by atoms with E-state index in [-0.39, 0.29) is 12.0 Å². The number of carboxylic acids is 1. The van der Waals surface area contributed by atoms with Gasteiger partial charge in [-0.1, -0.05) is 0 Å². The van der Waals surface area contributed by atoms with E-state index in [0.717, 1.165) is 12.8 Å². The van der Waals surface area contributed by atoms with Crippen LogP contribution in [0.3, 0.4) is 0 Å². The van der Waals surface area contributed by atoms with Gasteiger partial charge in [0.05, 0.1) is 23.7 Å². The van der Waals surface area contributed by atoms with Crippen molar-refractivity contribution in [2.45, 2.75) is 31.7 Å². The van der Waals surface area contributed by atoms with Crippen molar-refractivity contribution in [3.8, 4) is 6.07 Å². The predicted octanol–water partition coefficient (Wildman–Crippen LogP) is 1.57. The molecule has 5 nitrogen and oxygen atoms in total. The summed E-state index contributed by atoms with van der Waals surface area (Å²) in [6.45, 7) is 0. The summed E-state index contributed by atoms with van der Waals surface area (Å²) >= 11 is 0. The summed E-state index contributed by atoms with van der Waals surface area (Å²) in [7, 11) is 0. The predicted molar refractivity (Wildman–Crippen MR) is 55.6 cm³/mol. The van der Waals surface area contributed by atoms with E-state index < -0.39 is 5.97 Å². The summed E-state index contributed by atoms with van der Waals surface area (Å²) in [6.07, 6.45) is 6.31. The second-order valence-corrected chi connectivity index (χ2v) is 4.16. The lowest BCUT2D eigenvalue weighted by molar-refractivity contribution is -0.143. The number of rotatable bonds is 2. The van der Waals surface area contributed by atoms with Crippen molar-refractivity contribution in [2.75, 3.05) is 0 Å². The van der Waals surface area contributed by atoms with Gasteiger partial charge in [0.25, 0.3) is 0 Å². The molecule has 1 N–H and O–H groups in total. The first-order valence-electron chi connectivity index (χ1n) is 5.37. The number of hydrogen-bond donors (Lipinski definition) is 1. The van der Waals surface area contributed by atoms with Crippen LogP contribution in [0, 0.1) is 17.2 Å². The van der Waals surface area contributed by atoms with Crippen LogP contribution in [0.2, 0.25) is 0 Å². The largest absolute Gasteiger partial charge is 0.481 e. The van der Waals surface area contributed by atoms with Gasteiger partial charge in [-0.2, -0.15) is 10.4 Å². The molecule has 1 aliphatic carbocycles. The lowest BCUT2D eigenvalue weighted by Gasteiger charge is -2.26. The number of hydrogen-bond acceptors (Lipinski definition) is 3. The van der Waals surface area contributed by atoms with Crippen LogP contribution in [0.25, 0.3) is 0 Å². The minimum absolute atomic E-state index is 0.206. The minimum Gasteiger partial charge on any atom is -0.481 e. The molecule has 0 radical (unpaired) electrons. The molecule has 0 spiro atoms. The standard InChI is InChI=1S/C11H13N3O2/c12-5-8-6-13-14(7-8)10-3-1-9(2-4-10)11(15)16/h6-7,9-10H,1-4H2,(H,15,16). The summed E-state index contributed by atoms with van der Waals surface area (Å²) in [5.41, 5.74) is 0.556. The van der Waals surface area contributed by atoms with Gasteiger partial charge in [0.15, 0.2) is 0 Å². The van der Waals surface area contributed by atoms with E-state index in [1.807, 2.05) is 6.07 Å². The molecule has 5 heteroatoms. The Labute approximate surface area is 93.3 Å². The molecule has 0 aliphatic heterocycles. The van der Waals surface area contributed by atoms with Crippen LogP contribution in [-0.4, -0.2) is 20.9 Å². The van der Waals surface area contributed by atoms with Gasteiger partial charge < -0.3 is 5.11 Å². The molecule has 0 unspecified atom stereocenters. The topological polar surface area (TPSA) is 78.9 Å². The number of carboxylic acid groups (broad SMARTS) is 1. The Bertz CT molecular complexity index is 425. The maximum atomic E-state index is 10.8. The number of aromatic nitrogens is 2. The molecular formula is C11H13N3O2. The summed E-state index contributed by atoms with van der Waals surface area (Å²) in [5.74, 6) is -0.904. The van der Waals surface area contributed by atoms with Crippen molar-refractivity contribution in [3.63, 3.8) is 0 Å². The quantitative estimate of drug-likeness (QED) is 0.818. The molecule has 16 heavy (non-hydrogen) atoms. The summed E-state index contributed by atoms with van der Waals surface area (Å²) in [6, 6.07) is 2.28. The fraction of sp³-hybridized carbons (Fsp3) is 0.545. The van der Waals surface area contributed by atoms with Gasteiger partial charge in [-0.15, -0.1) is 0 Å². The van der Waals surface area contributed by atoms with Gasteiger partial charge in [0, 0.05) is 6.20 Å². The lowest BCUT2D eigenvalue weighted by atomic mass is 9.86. The Morgan fingerprint density at radius 1 is 1.50 bits per heavy atom. The maximum absolute atomic E-state index is 10.8. The van der Waals surface area contributed by atoms with Crippen LogP contribution in [-0.2, 0) is 4.79 Å². The summed E-state index contributed by atoms with van der Waals surface area (Å²) < 4.78 is 1.79. The van der Waals surface area contributed by atoms with Crippen molar-refractivity contribution in [1.82, 2.24) is 9.78 Å². The number of nitriles is 1. The molecule has 0 aromatic carbocycles. The Hall–Kier alpha value is -1.83. The lowest BCUT2D eigenvalue weighted by Crippen LogP contribution is -2.23. The van der Waals surface area contributed by atoms with Gasteiger partial charge >= 0.3 is 5.97 Å². The summed E-state index contributed by atoms with van der Waals surface area (Å²) in [4.78, 5) is 10.8. The first-order valence-corrected chi connectivity index (χ1v) is 5.37. The zero-order chi connectivity index (χ0) is 11.5. The third kappa shape index (κ3) is 2.06. The van der Waals surface area contributed by atoms with E-state index in [9.17, 15) is 4.79 Å². The summed E-state index contributed by atoms with van der Waals surface area (Å²) in [5, 5.41) is 21.7. The zero-order valence-corrected chi connectivity index (χ0v) is 8.83. The molecule has 0 amide bonds. The zero-order valence-electron chi connectivity index (χ0n) is 8.83. The van der Waals surface area contributed by atoms with Gasteiger partial charge in [-0.25, -0.2) is 0 Å². The molecular weight excluding hydrogens is 206 g/mol. The molecule has 0 atom stereocenters. The fourth-order valence-electron chi connectivity index (χ4n) is 2.18. The number of aliphatic carboxylic acids is 1. The molecule has 1 aliphatic rings. The molecule has 1 fully saturated rings. The van der Waals surface area contributed by atoms with E-state index in [2.05, 4.69) is 5.10 Å². The van der Waals surface area contributed by atoms with Gasteiger partial charge in [0.2, 0.25) is 0 Å². The highest BCUT2D eigenvalue weighted by Gasteiger charge is 2.27. The monoisotopic (exact) mass is 219 g/mol. The Morgan fingerprint density at radius 3 is 2.69 bits per heavy atom. The van der Waals surface area contributed by atoms with Crippen LogP contribution >= 0.6 is 0 Å². The van der Waals surface area contributed by atoms with E-state index in [1.54, 1.807) is 17.1 Å². The van der Waals surface area contributed by atoms with Crippen molar-refractivity contribution in [1.29, 1.82) is 5.26 Å². The van der Waals surface area contributed by atoms with Crippen LogP contribution in [0.1, 0.15) is 37.3 Å². The molecule has 1 aromatic heterocycles. The Kier molecular flexibility index (Phi) is 2.91. The van der Waals surface area contributed by atoms with Crippen LogP contribution in [0.4, 0.5) is 0 Å². The first kappa shape index (κ1) is 10.7. The second-order valence-electron chi connectivity index (χ2n) is 4.16. The smallest absolute Gasteiger partial charge is 0.306 e. The van der Waals surface area contributed by atoms with Crippen molar-refractivity contribution in [3.05, 3.63) is 18.0 Å². The van der Waals surface area contributed by atoms with Gasteiger partial charge in [-0.3, -0.25) is 9.48 Å². The van der Waals surface area contributed by atoms with Crippen molar-refractivity contribution in [2.24, 2.45) is 5.92 Å². The van der Waals surface area contributed by atoms with Crippen LogP contribution < -0.4 is 0 Å². The Balaban J connectivity index is 1.99. The highest BCUT2D eigenvalue weighted by Crippen LogP contribution is 2.31. The normalized spacial score (nSPS) is 24.9. The molecule has 1 heterocycles. The van der Waals surface area contributed by atoms with E-state index >= 15 is 0 Å². The number of nitrogens with zero attached hydrogens (tertiary/aromatic N) is 3. The highest BCUT2D eigenvalue weighted by atomic mass is 16.4. The van der Waals surface area contributed by atoms with Gasteiger partial charge in [-0.05, 0) is 25.7 Å². The third-order valence-electron chi connectivity index (χ3n) is 3.15. The maximum Gasteiger partial charge on any atom is 0.306 e. The first-order chi connectivity index (χ1) is 7.70. The van der Waals surface area contributed by atoms with Crippen molar-refractivity contribution >= 4 is 5.97 Å². The van der Waals surface area contributed by atoms with Crippen molar-refractivity contribution < 1.29 is 9.90 Å². The molecule has 84 valence electrons. The molecule has 1 saturated carbocycles. The molecule has 0 saturated heterocycles. The average molecular weight is 219 g/mol. The highest BCUT2D eigenvalue weighted by molar-refractivity contribution is 5.70.